The third kappa shape index (κ3) is 5.23. The maximum atomic E-state index is 11.6. The molecule has 0 bridgehead atoms. The molecule has 4 aromatic rings. The molecule has 11 heteroatoms. The highest BCUT2D eigenvalue weighted by atomic mass is 35.5. The van der Waals surface area contributed by atoms with Crippen molar-refractivity contribution >= 4 is 46.3 Å². The first kappa shape index (κ1) is 23.6. The van der Waals surface area contributed by atoms with Gasteiger partial charge in [0.2, 0.25) is 11.9 Å². The van der Waals surface area contributed by atoms with E-state index in [0.29, 0.717) is 22.6 Å². The average Bonchev–Trinajstić information content (AvgIpc) is 3.33. The van der Waals surface area contributed by atoms with Crippen LogP contribution >= 0.6 is 11.6 Å². The third-order valence-corrected chi connectivity index (χ3v) is 6.25. The minimum absolute atomic E-state index is 0.128. The molecule has 0 spiro atoms. The summed E-state index contributed by atoms with van der Waals surface area (Å²) >= 11 is 6.41. The first-order valence-electron chi connectivity index (χ1n) is 11.6. The van der Waals surface area contributed by atoms with Gasteiger partial charge in [0.15, 0.2) is 11.6 Å². The van der Waals surface area contributed by atoms with Gasteiger partial charge in [-0.25, -0.2) is 9.97 Å². The molecular formula is C25H26ClN9O. The normalized spacial score (nSPS) is 13.5. The number of nitrogens with one attached hydrogen (secondary N) is 2. The lowest BCUT2D eigenvalue weighted by molar-refractivity contribution is -0.129. The van der Waals surface area contributed by atoms with E-state index in [1.165, 1.54) is 0 Å². The minimum atomic E-state index is 0.128. The minimum Gasteiger partial charge on any atom is -0.368 e. The fraction of sp³-hybridized carbons (Fsp3) is 0.240. The van der Waals surface area contributed by atoms with Crippen molar-refractivity contribution < 1.29 is 4.79 Å². The molecule has 0 radical (unpaired) electrons. The van der Waals surface area contributed by atoms with Crippen molar-refractivity contribution in [1.82, 2.24) is 29.6 Å². The highest BCUT2D eigenvalue weighted by Gasteiger charge is 2.19. The summed E-state index contributed by atoms with van der Waals surface area (Å²) in [6.45, 7) is 4.73. The molecule has 184 valence electrons. The van der Waals surface area contributed by atoms with Crippen LogP contribution in [0.3, 0.4) is 0 Å². The number of benzene rings is 2. The van der Waals surface area contributed by atoms with Crippen LogP contribution in [0.1, 0.15) is 6.92 Å². The van der Waals surface area contributed by atoms with Crippen molar-refractivity contribution in [3.05, 3.63) is 66.1 Å². The summed E-state index contributed by atoms with van der Waals surface area (Å²) in [5.74, 6) is 1.62. The lowest BCUT2D eigenvalue weighted by atomic mass is 10.1. The maximum Gasteiger partial charge on any atom is 0.229 e. The van der Waals surface area contributed by atoms with E-state index in [9.17, 15) is 4.79 Å². The van der Waals surface area contributed by atoms with E-state index in [2.05, 4.69) is 47.7 Å². The van der Waals surface area contributed by atoms with Crippen LogP contribution in [0.25, 0.3) is 11.4 Å². The van der Waals surface area contributed by atoms with E-state index in [4.69, 9.17) is 11.6 Å². The van der Waals surface area contributed by atoms with E-state index >= 15 is 0 Å². The lowest BCUT2D eigenvalue weighted by Gasteiger charge is -2.35. The highest BCUT2D eigenvalue weighted by molar-refractivity contribution is 6.33. The summed E-state index contributed by atoms with van der Waals surface area (Å²) in [6.07, 6.45) is 3.22. The Hall–Kier alpha value is -4.18. The van der Waals surface area contributed by atoms with Gasteiger partial charge < -0.3 is 20.4 Å². The number of nitrogens with zero attached hydrogens (tertiary/aromatic N) is 7. The smallest absolute Gasteiger partial charge is 0.229 e. The van der Waals surface area contributed by atoms with Crippen molar-refractivity contribution in [2.24, 2.45) is 7.05 Å². The number of carbonyl (C=O) groups is 1. The van der Waals surface area contributed by atoms with Gasteiger partial charge in [-0.2, -0.15) is 10.1 Å². The molecule has 1 saturated heterocycles. The maximum absolute atomic E-state index is 11.6. The van der Waals surface area contributed by atoms with Crippen LogP contribution in [0, 0.1) is 0 Å². The Morgan fingerprint density at radius 3 is 2.42 bits per heavy atom. The lowest BCUT2D eigenvalue weighted by Crippen LogP contribution is -2.48. The fourth-order valence-electron chi connectivity index (χ4n) is 4.06. The van der Waals surface area contributed by atoms with Crippen molar-refractivity contribution in [3.63, 3.8) is 0 Å². The summed E-state index contributed by atoms with van der Waals surface area (Å²) < 4.78 is 1.66. The predicted octanol–water partition coefficient (Wildman–Crippen LogP) is 4.08. The summed E-state index contributed by atoms with van der Waals surface area (Å²) in [4.78, 5) is 29.0. The zero-order chi connectivity index (χ0) is 25.1. The SMILES string of the molecule is CC(=O)N1CCN(c2ccc(Nc3ncc(Cl)c(Nc4ccccc4-c4ncn(C)n4)n3)cc2)CC1. The Kier molecular flexibility index (Phi) is 6.68. The Bertz CT molecular complexity index is 1360. The summed E-state index contributed by atoms with van der Waals surface area (Å²) in [7, 11) is 1.83. The second-order valence-corrected chi connectivity index (χ2v) is 8.87. The number of carbonyl (C=O) groups excluding carboxylic acids is 1. The van der Waals surface area contributed by atoms with Gasteiger partial charge in [-0.3, -0.25) is 9.48 Å². The van der Waals surface area contributed by atoms with Gasteiger partial charge in [-0.1, -0.05) is 23.7 Å². The van der Waals surface area contributed by atoms with Crippen LogP contribution in [0.15, 0.2) is 61.1 Å². The Labute approximate surface area is 214 Å². The molecule has 2 aromatic heterocycles. The number of rotatable bonds is 6. The van der Waals surface area contributed by atoms with Gasteiger partial charge in [0.25, 0.3) is 0 Å². The largest absolute Gasteiger partial charge is 0.368 e. The number of amides is 1. The molecule has 3 heterocycles. The summed E-state index contributed by atoms with van der Waals surface area (Å²) in [6, 6.07) is 15.8. The van der Waals surface area contributed by atoms with Crippen LogP contribution in [0.4, 0.5) is 28.8 Å². The molecule has 1 aliphatic heterocycles. The van der Waals surface area contributed by atoms with Crippen LogP contribution in [-0.2, 0) is 11.8 Å². The van der Waals surface area contributed by atoms with Crippen LogP contribution in [0.2, 0.25) is 5.02 Å². The Morgan fingerprint density at radius 2 is 1.72 bits per heavy atom. The number of hydrogen-bond donors (Lipinski definition) is 2. The molecule has 1 aliphatic rings. The van der Waals surface area contributed by atoms with Crippen molar-refractivity contribution in [3.8, 4) is 11.4 Å². The zero-order valence-corrected chi connectivity index (χ0v) is 20.8. The number of halogens is 1. The Morgan fingerprint density at radius 1 is 0.972 bits per heavy atom. The second-order valence-electron chi connectivity index (χ2n) is 8.47. The number of para-hydroxylation sites is 1. The second kappa shape index (κ2) is 10.2. The fourth-order valence-corrected chi connectivity index (χ4v) is 4.19. The molecule has 1 amide bonds. The predicted molar refractivity (Wildman–Crippen MR) is 141 cm³/mol. The van der Waals surface area contributed by atoms with Gasteiger partial charge in [0.1, 0.15) is 11.3 Å². The monoisotopic (exact) mass is 503 g/mol. The van der Waals surface area contributed by atoms with Crippen molar-refractivity contribution in [2.45, 2.75) is 6.92 Å². The molecule has 5 rings (SSSR count). The molecule has 10 nitrogen and oxygen atoms in total. The first-order chi connectivity index (χ1) is 17.5. The van der Waals surface area contributed by atoms with E-state index in [0.717, 1.165) is 48.8 Å². The molecule has 2 aromatic carbocycles. The number of hydrogen-bond acceptors (Lipinski definition) is 8. The number of piperazine rings is 1. The van der Waals surface area contributed by atoms with E-state index < -0.39 is 0 Å². The third-order valence-electron chi connectivity index (χ3n) is 5.98. The first-order valence-corrected chi connectivity index (χ1v) is 12.0. The van der Waals surface area contributed by atoms with Gasteiger partial charge in [-0.15, -0.1) is 0 Å². The molecular weight excluding hydrogens is 478 g/mol. The molecule has 0 atom stereocenters. The number of aryl methyl sites for hydroxylation is 1. The van der Waals surface area contributed by atoms with Crippen LogP contribution in [0.5, 0.6) is 0 Å². The zero-order valence-electron chi connectivity index (χ0n) is 20.0. The molecule has 0 unspecified atom stereocenters. The van der Waals surface area contributed by atoms with Gasteiger partial charge in [0.05, 0.1) is 11.9 Å². The van der Waals surface area contributed by atoms with E-state index in [1.54, 1.807) is 24.1 Å². The van der Waals surface area contributed by atoms with Gasteiger partial charge in [-0.05, 0) is 36.4 Å². The average molecular weight is 504 g/mol. The molecule has 0 saturated carbocycles. The molecule has 1 fully saturated rings. The van der Waals surface area contributed by atoms with Crippen molar-refractivity contribution in [1.29, 1.82) is 0 Å². The number of aromatic nitrogens is 5. The molecule has 36 heavy (non-hydrogen) atoms. The van der Waals surface area contributed by atoms with E-state index in [-0.39, 0.29) is 5.91 Å². The van der Waals surface area contributed by atoms with Crippen LogP contribution < -0.4 is 15.5 Å². The Balaban J connectivity index is 1.29. The van der Waals surface area contributed by atoms with Crippen LogP contribution in [-0.4, -0.2) is 61.7 Å². The quantitative estimate of drug-likeness (QED) is 0.405. The number of anilines is 5. The molecule has 2 N–H and O–H groups in total. The topological polar surface area (TPSA) is 104 Å². The van der Waals surface area contributed by atoms with Crippen molar-refractivity contribution in [2.75, 3.05) is 41.7 Å². The summed E-state index contributed by atoms with van der Waals surface area (Å²) in [5.41, 5.74) is 3.59. The highest BCUT2D eigenvalue weighted by Crippen LogP contribution is 2.31. The standard InChI is InChI=1S/C25H26ClN9O/c1-17(36)34-11-13-35(14-12-34)19-9-7-18(8-10-19)29-25-27-15-21(26)24(31-25)30-22-6-4-3-5-20(22)23-28-16-33(2)32-23/h3-10,15-16H,11-14H2,1-2H3,(H2,27,29,30,31). The van der Waals surface area contributed by atoms with E-state index in [1.807, 2.05) is 48.3 Å². The molecule has 0 aliphatic carbocycles. The van der Waals surface area contributed by atoms with Gasteiger partial charge in [0, 0.05) is 57.1 Å². The van der Waals surface area contributed by atoms with Gasteiger partial charge >= 0.3 is 0 Å². The summed E-state index contributed by atoms with van der Waals surface area (Å²) in [5, 5.41) is 11.3.